The van der Waals surface area contributed by atoms with Crippen molar-refractivity contribution in [2.75, 3.05) is 39.8 Å². The molecule has 0 spiro atoms. The Hall–Kier alpha value is -1.87. The molecule has 1 amide bonds. The quantitative estimate of drug-likeness (QED) is 0.371. The molecule has 2 aromatic rings. The molecule has 6 nitrogen and oxygen atoms in total. The lowest BCUT2D eigenvalue weighted by atomic mass is 10.0. The zero-order chi connectivity index (χ0) is 19.3. The van der Waals surface area contributed by atoms with E-state index in [0.29, 0.717) is 12.6 Å². The van der Waals surface area contributed by atoms with Crippen molar-refractivity contribution in [1.82, 2.24) is 20.4 Å². The van der Waals surface area contributed by atoms with E-state index in [-0.39, 0.29) is 29.9 Å². The third-order valence-electron chi connectivity index (χ3n) is 5.51. The summed E-state index contributed by atoms with van der Waals surface area (Å²) >= 11 is 0. The molecule has 1 aliphatic heterocycles. The van der Waals surface area contributed by atoms with Crippen LogP contribution in [0.15, 0.2) is 47.5 Å². The van der Waals surface area contributed by atoms with E-state index >= 15 is 0 Å². The van der Waals surface area contributed by atoms with Crippen LogP contribution >= 0.6 is 24.0 Å². The Balaban J connectivity index is 0.00000240. The number of piperazine rings is 1. The zero-order valence-electron chi connectivity index (χ0n) is 16.9. The second-order valence-electron chi connectivity index (χ2n) is 7.64. The maximum atomic E-state index is 12.0. The minimum atomic E-state index is 0. The van der Waals surface area contributed by atoms with Crippen LogP contribution < -0.4 is 10.6 Å². The molecule has 0 bridgehead atoms. The van der Waals surface area contributed by atoms with Crippen LogP contribution in [0.3, 0.4) is 0 Å². The van der Waals surface area contributed by atoms with Gasteiger partial charge in [0, 0.05) is 45.8 Å². The van der Waals surface area contributed by atoms with Crippen LogP contribution in [0.2, 0.25) is 0 Å². The number of hydrogen-bond acceptors (Lipinski definition) is 3. The van der Waals surface area contributed by atoms with Crippen molar-refractivity contribution in [1.29, 1.82) is 0 Å². The normalized spacial score (nSPS) is 17.7. The van der Waals surface area contributed by atoms with Gasteiger partial charge in [-0.1, -0.05) is 42.5 Å². The van der Waals surface area contributed by atoms with Crippen LogP contribution in [0.1, 0.15) is 18.4 Å². The minimum absolute atomic E-state index is 0. The molecule has 1 saturated carbocycles. The van der Waals surface area contributed by atoms with Gasteiger partial charge in [0.25, 0.3) is 0 Å². The summed E-state index contributed by atoms with van der Waals surface area (Å²) in [5.41, 5.74) is 1.27. The van der Waals surface area contributed by atoms with Crippen molar-refractivity contribution in [3.63, 3.8) is 0 Å². The van der Waals surface area contributed by atoms with E-state index in [0.717, 1.165) is 51.5 Å². The molecule has 1 aliphatic carbocycles. The number of amides is 1. The Morgan fingerprint density at radius 2 is 1.79 bits per heavy atom. The predicted molar refractivity (Wildman–Crippen MR) is 129 cm³/mol. The molecule has 29 heavy (non-hydrogen) atoms. The molecule has 2 aromatic carbocycles. The maximum Gasteiger partial charge on any atom is 0.234 e. The Morgan fingerprint density at radius 1 is 1.07 bits per heavy atom. The van der Waals surface area contributed by atoms with E-state index < -0.39 is 0 Å². The smallest absolute Gasteiger partial charge is 0.234 e. The van der Waals surface area contributed by atoms with Gasteiger partial charge in [0.1, 0.15) is 0 Å². The summed E-state index contributed by atoms with van der Waals surface area (Å²) in [7, 11) is 1.83. The number of nitrogens with zero attached hydrogens (tertiary/aromatic N) is 3. The van der Waals surface area contributed by atoms with Gasteiger partial charge < -0.3 is 15.5 Å². The molecule has 4 rings (SSSR count). The van der Waals surface area contributed by atoms with E-state index in [4.69, 9.17) is 0 Å². The fourth-order valence-corrected chi connectivity index (χ4v) is 3.78. The van der Waals surface area contributed by atoms with Gasteiger partial charge in [-0.05, 0) is 29.2 Å². The zero-order valence-corrected chi connectivity index (χ0v) is 19.3. The van der Waals surface area contributed by atoms with Crippen LogP contribution in [0.25, 0.3) is 10.8 Å². The third-order valence-corrected chi connectivity index (χ3v) is 5.51. The SMILES string of the molecule is CN=C(NCc1cccc2ccccc12)N1CCN(CC(=O)NC2CC2)CC1.I. The predicted octanol–water partition coefficient (Wildman–Crippen LogP) is 2.43. The molecular formula is C22H30IN5O. The van der Waals surface area contributed by atoms with E-state index in [9.17, 15) is 4.79 Å². The maximum absolute atomic E-state index is 12.0. The molecule has 0 atom stereocenters. The lowest BCUT2D eigenvalue weighted by Crippen LogP contribution is -2.54. The molecular weight excluding hydrogens is 477 g/mol. The summed E-state index contributed by atoms with van der Waals surface area (Å²) in [6.45, 7) is 4.78. The van der Waals surface area contributed by atoms with Crippen molar-refractivity contribution in [2.45, 2.75) is 25.4 Å². The molecule has 1 heterocycles. The summed E-state index contributed by atoms with van der Waals surface area (Å²) in [4.78, 5) is 21.0. The number of guanidine groups is 1. The Kier molecular flexibility index (Phi) is 7.71. The molecule has 156 valence electrons. The molecule has 7 heteroatoms. The number of benzene rings is 2. The van der Waals surface area contributed by atoms with Crippen molar-refractivity contribution in [3.8, 4) is 0 Å². The van der Waals surface area contributed by atoms with Crippen LogP contribution in [0.5, 0.6) is 0 Å². The van der Waals surface area contributed by atoms with Crippen LogP contribution in [0.4, 0.5) is 0 Å². The van der Waals surface area contributed by atoms with Crippen LogP contribution in [-0.4, -0.2) is 67.5 Å². The number of fused-ring (bicyclic) bond motifs is 1. The Labute approximate surface area is 189 Å². The number of hydrogen-bond donors (Lipinski definition) is 2. The average molecular weight is 507 g/mol. The number of nitrogens with one attached hydrogen (secondary N) is 2. The van der Waals surface area contributed by atoms with Gasteiger partial charge in [-0.15, -0.1) is 24.0 Å². The highest BCUT2D eigenvalue weighted by molar-refractivity contribution is 14.0. The molecule has 0 unspecified atom stereocenters. The molecule has 0 aromatic heterocycles. The Bertz CT molecular complexity index is 854. The molecule has 0 radical (unpaired) electrons. The monoisotopic (exact) mass is 507 g/mol. The highest BCUT2D eigenvalue weighted by atomic mass is 127. The summed E-state index contributed by atoms with van der Waals surface area (Å²) in [6.07, 6.45) is 2.27. The van der Waals surface area contributed by atoms with E-state index in [1.54, 1.807) is 0 Å². The highest BCUT2D eigenvalue weighted by Gasteiger charge is 2.25. The average Bonchev–Trinajstić information content (AvgIpc) is 3.53. The van der Waals surface area contributed by atoms with E-state index in [2.05, 4.69) is 67.9 Å². The first-order chi connectivity index (χ1) is 13.7. The van der Waals surface area contributed by atoms with E-state index in [1.165, 1.54) is 16.3 Å². The van der Waals surface area contributed by atoms with Gasteiger partial charge in [0.15, 0.2) is 5.96 Å². The number of carbonyl (C=O) groups excluding carboxylic acids is 1. The van der Waals surface area contributed by atoms with Gasteiger partial charge in [-0.2, -0.15) is 0 Å². The minimum Gasteiger partial charge on any atom is -0.352 e. The van der Waals surface area contributed by atoms with Gasteiger partial charge in [-0.3, -0.25) is 14.7 Å². The second-order valence-corrected chi connectivity index (χ2v) is 7.64. The number of aliphatic imine (C=N–C) groups is 1. The van der Waals surface area contributed by atoms with Crippen molar-refractivity contribution < 1.29 is 4.79 Å². The highest BCUT2D eigenvalue weighted by Crippen LogP contribution is 2.19. The second kappa shape index (κ2) is 10.2. The summed E-state index contributed by atoms with van der Waals surface area (Å²) in [5.74, 6) is 1.09. The summed E-state index contributed by atoms with van der Waals surface area (Å²) < 4.78 is 0. The van der Waals surface area contributed by atoms with Crippen LogP contribution in [-0.2, 0) is 11.3 Å². The van der Waals surface area contributed by atoms with Gasteiger partial charge in [0.2, 0.25) is 5.91 Å². The first-order valence-electron chi connectivity index (χ1n) is 10.2. The lowest BCUT2D eigenvalue weighted by Gasteiger charge is -2.36. The Morgan fingerprint density at radius 3 is 2.52 bits per heavy atom. The van der Waals surface area contributed by atoms with Gasteiger partial charge in [-0.25, -0.2) is 0 Å². The first-order valence-corrected chi connectivity index (χ1v) is 10.2. The van der Waals surface area contributed by atoms with Crippen molar-refractivity contribution in [3.05, 3.63) is 48.0 Å². The fourth-order valence-electron chi connectivity index (χ4n) is 3.78. The van der Waals surface area contributed by atoms with Gasteiger partial charge >= 0.3 is 0 Å². The lowest BCUT2D eigenvalue weighted by molar-refractivity contribution is -0.122. The topological polar surface area (TPSA) is 60.0 Å². The standard InChI is InChI=1S/C22H29N5O.HI/c1-23-22(24-15-18-7-4-6-17-5-2-3-8-20(17)18)27-13-11-26(12-14-27)16-21(28)25-19-9-10-19;/h2-8,19H,9-16H2,1H3,(H,23,24)(H,25,28);1H. The molecule has 1 saturated heterocycles. The van der Waals surface area contributed by atoms with Gasteiger partial charge in [0.05, 0.1) is 6.54 Å². The van der Waals surface area contributed by atoms with Crippen molar-refractivity contribution >= 4 is 46.6 Å². The van der Waals surface area contributed by atoms with E-state index in [1.807, 2.05) is 7.05 Å². The fraction of sp³-hybridized carbons (Fsp3) is 0.455. The van der Waals surface area contributed by atoms with Crippen LogP contribution in [0, 0.1) is 0 Å². The largest absolute Gasteiger partial charge is 0.352 e. The number of carbonyl (C=O) groups is 1. The molecule has 2 N–H and O–H groups in total. The summed E-state index contributed by atoms with van der Waals surface area (Å²) in [5, 5.41) is 9.12. The first kappa shape index (κ1) is 21.8. The third kappa shape index (κ3) is 5.82. The number of rotatable bonds is 5. The molecule has 2 fully saturated rings. The summed E-state index contributed by atoms with van der Waals surface area (Å²) in [6, 6.07) is 15.3. The number of halogens is 1. The van der Waals surface area contributed by atoms with Crippen molar-refractivity contribution in [2.24, 2.45) is 4.99 Å². The molecule has 2 aliphatic rings.